The standard InChI is InChI=1S/C19H22N2O4/c1-19(2,3)25-18(22)20-12-11-15-9-10-16(21(23)24)13-17(15)14-7-5-4-6-8-14/h4-10,13H,11-12H2,1-3H3,(H,20,22). The van der Waals surface area contributed by atoms with Crippen LogP contribution in [-0.4, -0.2) is 23.2 Å². The van der Waals surface area contributed by atoms with Crippen molar-refractivity contribution in [1.29, 1.82) is 0 Å². The summed E-state index contributed by atoms with van der Waals surface area (Å²) in [6.45, 7) is 5.79. The molecule has 0 aliphatic heterocycles. The largest absolute Gasteiger partial charge is 0.444 e. The SMILES string of the molecule is CC(C)(C)OC(=O)NCCc1ccc([N+](=O)[O-])cc1-c1ccccc1. The van der Waals surface area contributed by atoms with Crippen molar-refractivity contribution in [2.75, 3.05) is 6.54 Å². The van der Waals surface area contributed by atoms with E-state index < -0.39 is 16.6 Å². The summed E-state index contributed by atoms with van der Waals surface area (Å²) in [6, 6.07) is 14.3. The van der Waals surface area contributed by atoms with Crippen LogP contribution in [0.25, 0.3) is 11.1 Å². The summed E-state index contributed by atoms with van der Waals surface area (Å²) in [5.41, 5.74) is 2.11. The number of hydrogen-bond donors (Lipinski definition) is 1. The third kappa shape index (κ3) is 5.60. The van der Waals surface area contributed by atoms with Crippen LogP contribution in [-0.2, 0) is 11.2 Å². The molecular weight excluding hydrogens is 320 g/mol. The summed E-state index contributed by atoms with van der Waals surface area (Å²) in [6.07, 6.45) is 0.0669. The normalized spacial score (nSPS) is 11.0. The van der Waals surface area contributed by atoms with E-state index in [2.05, 4.69) is 5.32 Å². The van der Waals surface area contributed by atoms with Crippen LogP contribution in [0.15, 0.2) is 48.5 Å². The molecule has 2 rings (SSSR count). The van der Waals surface area contributed by atoms with Gasteiger partial charge in [0.2, 0.25) is 0 Å². The van der Waals surface area contributed by atoms with Crippen LogP contribution in [0, 0.1) is 10.1 Å². The van der Waals surface area contributed by atoms with E-state index in [1.54, 1.807) is 32.9 Å². The Morgan fingerprint density at radius 1 is 1.16 bits per heavy atom. The Morgan fingerprint density at radius 3 is 2.44 bits per heavy atom. The highest BCUT2D eigenvalue weighted by atomic mass is 16.6. The first-order valence-electron chi connectivity index (χ1n) is 8.06. The minimum Gasteiger partial charge on any atom is -0.444 e. The molecular formula is C19H22N2O4. The van der Waals surface area contributed by atoms with Crippen molar-refractivity contribution in [3.8, 4) is 11.1 Å². The summed E-state index contributed by atoms with van der Waals surface area (Å²) in [5, 5.41) is 13.8. The van der Waals surface area contributed by atoms with Crippen molar-refractivity contribution >= 4 is 11.8 Å². The highest BCUT2D eigenvalue weighted by Crippen LogP contribution is 2.28. The maximum Gasteiger partial charge on any atom is 0.407 e. The van der Waals surface area contributed by atoms with Crippen molar-refractivity contribution in [2.45, 2.75) is 32.8 Å². The Balaban J connectivity index is 2.15. The molecule has 0 bridgehead atoms. The molecule has 6 heteroatoms. The van der Waals surface area contributed by atoms with Crippen molar-refractivity contribution in [2.24, 2.45) is 0 Å². The molecule has 1 amide bonds. The van der Waals surface area contributed by atoms with Gasteiger partial charge in [0.15, 0.2) is 0 Å². The second-order valence-electron chi connectivity index (χ2n) is 6.64. The van der Waals surface area contributed by atoms with Crippen molar-refractivity contribution in [3.05, 3.63) is 64.2 Å². The first kappa shape index (κ1) is 18.4. The molecule has 0 fully saturated rings. The maximum absolute atomic E-state index is 11.7. The zero-order valence-corrected chi connectivity index (χ0v) is 14.6. The number of nitrogens with zero attached hydrogens (tertiary/aromatic N) is 1. The van der Waals surface area contributed by atoms with Gasteiger partial charge in [-0.15, -0.1) is 0 Å². The third-order valence-corrected chi connectivity index (χ3v) is 3.45. The Morgan fingerprint density at radius 2 is 1.84 bits per heavy atom. The molecule has 0 aliphatic carbocycles. The molecule has 2 aromatic rings. The molecule has 0 saturated carbocycles. The van der Waals surface area contributed by atoms with Gasteiger partial charge in [-0.3, -0.25) is 10.1 Å². The van der Waals surface area contributed by atoms with Gasteiger partial charge in [-0.1, -0.05) is 36.4 Å². The number of ether oxygens (including phenoxy) is 1. The van der Waals surface area contributed by atoms with Crippen molar-refractivity contribution in [1.82, 2.24) is 5.32 Å². The van der Waals surface area contributed by atoms with E-state index in [4.69, 9.17) is 4.74 Å². The lowest BCUT2D eigenvalue weighted by Gasteiger charge is -2.19. The summed E-state index contributed by atoms with van der Waals surface area (Å²) in [4.78, 5) is 22.4. The number of hydrogen-bond acceptors (Lipinski definition) is 4. The molecule has 132 valence electrons. The monoisotopic (exact) mass is 342 g/mol. The van der Waals surface area contributed by atoms with Crippen LogP contribution >= 0.6 is 0 Å². The van der Waals surface area contributed by atoms with Gasteiger partial charge in [-0.25, -0.2) is 4.79 Å². The molecule has 0 atom stereocenters. The van der Waals surface area contributed by atoms with E-state index in [-0.39, 0.29) is 5.69 Å². The Kier molecular flexibility index (Phi) is 5.75. The number of nitro benzene ring substituents is 1. The number of nitro groups is 1. The average Bonchev–Trinajstić information content (AvgIpc) is 2.54. The number of rotatable bonds is 5. The van der Waals surface area contributed by atoms with E-state index in [9.17, 15) is 14.9 Å². The Hall–Kier alpha value is -2.89. The molecule has 0 spiro atoms. The lowest BCUT2D eigenvalue weighted by molar-refractivity contribution is -0.384. The number of amides is 1. The third-order valence-electron chi connectivity index (χ3n) is 3.45. The summed E-state index contributed by atoms with van der Waals surface area (Å²) >= 11 is 0. The van der Waals surface area contributed by atoms with Gasteiger partial charge < -0.3 is 10.1 Å². The summed E-state index contributed by atoms with van der Waals surface area (Å²) < 4.78 is 5.20. The van der Waals surface area contributed by atoms with Gasteiger partial charge in [-0.05, 0) is 43.9 Å². The predicted molar refractivity (Wildman–Crippen MR) is 96.5 cm³/mol. The van der Waals surface area contributed by atoms with E-state index in [0.29, 0.717) is 13.0 Å². The number of non-ortho nitro benzene ring substituents is 1. The number of carbonyl (C=O) groups is 1. The molecule has 2 aromatic carbocycles. The number of carbonyl (C=O) groups excluding carboxylic acids is 1. The minimum absolute atomic E-state index is 0.0442. The smallest absolute Gasteiger partial charge is 0.407 e. The average molecular weight is 342 g/mol. The molecule has 0 unspecified atom stereocenters. The highest BCUT2D eigenvalue weighted by molar-refractivity contribution is 5.70. The topological polar surface area (TPSA) is 81.5 Å². The molecule has 25 heavy (non-hydrogen) atoms. The molecule has 0 radical (unpaired) electrons. The Labute approximate surface area is 147 Å². The van der Waals surface area contributed by atoms with Gasteiger partial charge in [0.1, 0.15) is 5.60 Å². The molecule has 0 aliphatic rings. The fourth-order valence-electron chi connectivity index (χ4n) is 2.40. The minimum atomic E-state index is -0.549. The highest BCUT2D eigenvalue weighted by Gasteiger charge is 2.16. The fourth-order valence-corrected chi connectivity index (χ4v) is 2.40. The first-order valence-corrected chi connectivity index (χ1v) is 8.06. The van der Waals surface area contributed by atoms with Crippen LogP contribution < -0.4 is 5.32 Å². The van der Waals surface area contributed by atoms with Crippen LogP contribution in [0.1, 0.15) is 26.3 Å². The van der Waals surface area contributed by atoms with Gasteiger partial charge in [0, 0.05) is 18.7 Å². The quantitative estimate of drug-likeness (QED) is 0.648. The molecule has 0 aromatic heterocycles. The summed E-state index contributed by atoms with van der Waals surface area (Å²) in [7, 11) is 0. The van der Waals surface area contributed by atoms with Crippen LogP contribution in [0.2, 0.25) is 0 Å². The van der Waals surface area contributed by atoms with Crippen LogP contribution in [0.5, 0.6) is 0 Å². The van der Waals surface area contributed by atoms with E-state index in [0.717, 1.165) is 16.7 Å². The zero-order valence-electron chi connectivity index (χ0n) is 14.6. The second kappa shape index (κ2) is 7.79. The zero-order chi connectivity index (χ0) is 18.4. The number of alkyl carbamates (subject to hydrolysis) is 1. The summed E-state index contributed by atoms with van der Waals surface area (Å²) in [5.74, 6) is 0. The molecule has 1 N–H and O–H groups in total. The molecule has 0 heterocycles. The Bertz CT molecular complexity index is 752. The number of nitrogens with one attached hydrogen (secondary N) is 1. The van der Waals surface area contributed by atoms with Gasteiger partial charge in [0.25, 0.3) is 5.69 Å². The van der Waals surface area contributed by atoms with E-state index >= 15 is 0 Å². The van der Waals surface area contributed by atoms with Crippen molar-refractivity contribution in [3.63, 3.8) is 0 Å². The lowest BCUT2D eigenvalue weighted by Crippen LogP contribution is -2.33. The number of benzene rings is 2. The van der Waals surface area contributed by atoms with Gasteiger partial charge >= 0.3 is 6.09 Å². The van der Waals surface area contributed by atoms with Crippen LogP contribution in [0.3, 0.4) is 0 Å². The van der Waals surface area contributed by atoms with Gasteiger partial charge in [-0.2, -0.15) is 0 Å². The first-order chi connectivity index (χ1) is 11.8. The fraction of sp³-hybridized carbons (Fsp3) is 0.316. The molecule has 6 nitrogen and oxygen atoms in total. The van der Waals surface area contributed by atoms with Crippen LogP contribution in [0.4, 0.5) is 10.5 Å². The van der Waals surface area contributed by atoms with Gasteiger partial charge in [0.05, 0.1) is 4.92 Å². The van der Waals surface area contributed by atoms with E-state index in [1.165, 1.54) is 6.07 Å². The van der Waals surface area contributed by atoms with Crippen molar-refractivity contribution < 1.29 is 14.5 Å². The lowest BCUT2D eigenvalue weighted by atomic mass is 9.97. The predicted octanol–water partition coefficient (Wildman–Crippen LogP) is 4.33. The maximum atomic E-state index is 11.7. The second-order valence-corrected chi connectivity index (χ2v) is 6.64. The van der Waals surface area contributed by atoms with E-state index in [1.807, 2.05) is 30.3 Å². The molecule has 0 saturated heterocycles.